The lowest BCUT2D eigenvalue weighted by Gasteiger charge is -2.15. The number of aliphatic hydroxyl groups is 1. The van der Waals surface area contributed by atoms with Crippen molar-refractivity contribution < 1.29 is 5.11 Å². The van der Waals surface area contributed by atoms with Crippen LogP contribution in [0.15, 0.2) is 12.1 Å². The molecular formula is C10H14ClN3O. The van der Waals surface area contributed by atoms with Crippen molar-refractivity contribution in [3.8, 4) is 0 Å². The maximum Gasteiger partial charge on any atom is 0.123 e. The Kier molecular flexibility index (Phi) is 3.09. The molecule has 1 unspecified atom stereocenters. The summed E-state index contributed by atoms with van der Waals surface area (Å²) in [6.45, 7) is 2.22. The third-order valence-electron chi connectivity index (χ3n) is 2.56. The number of nitrogens with zero attached hydrogens (tertiary/aromatic N) is 2. The van der Waals surface area contributed by atoms with Gasteiger partial charge in [-0.25, -0.2) is 4.98 Å². The van der Waals surface area contributed by atoms with Crippen LogP contribution in [-0.2, 0) is 6.54 Å². The number of anilines is 1. The van der Waals surface area contributed by atoms with Crippen LogP contribution in [0.3, 0.4) is 0 Å². The van der Waals surface area contributed by atoms with E-state index < -0.39 is 0 Å². The molecule has 1 fully saturated rings. The maximum absolute atomic E-state index is 9.38. The fourth-order valence-corrected chi connectivity index (χ4v) is 1.94. The Bertz CT molecular complexity index is 359. The van der Waals surface area contributed by atoms with E-state index in [0.29, 0.717) is 23.9 Å². The molecule has 4 nitrogen and oxygen atoms in total. The minimum Gasteiger partial charge on any atom is -0.392 e. The number of aromatic nitrogens is 1. The Labute approximate surface area is 93.7 Å². The average Bonchev–Trinajstić information content (AvgIpc) is 2.58. The van der Waals surface area contributed by atoms with E-state index in [-0.39, 0.29) is 6.10 Å². The molecular weight excluding hydrogens is 214 g/mol. The third-order valence-corrected chi connectivity index (χ3v) is 2.91. The zero-order valence-corrected chi connectivity index (χ0v) is 9.11. The average molecular weight is 228 g/mol. The predicted octanol–water partition coefficient (Wildman–Crippen LogP) is 0.884. The van der Waals surface area contributed by atoms with Crippen LogP contribution in [0.25, 0.3) is 0 Å². The lowest BCUT2D eigenvalue weighted by atomic mass is 10.3. The van der Waals surface area contributed by atoms with Crippen LogP contribution in [0.5, 0.6) is 0 Å². The smallest absolute Gasteiger partial charge is 0.123 e. The normalized spacial score (nSPS) is 22.1. The quantitative estimate of drug-likeness (QED) is 0.788. The van der Waals surface area contributed by atoms with Crippen molar-refractivity contribution >= 4 is 17.4 Å². The minimum absolute atomic E-state index is 0.218. The standard InChI is InChI=1S/C10H14ClN3O/c11-8-1-2-10(12)13-9(8)6-14-4-3-7(15)5-14/h1-2,7,15H,3-6H2,(H2,12,13). The highest BCUT2D eigenvalue weighted by atomic mass is 35.5. The van der Waals surface area contributed by atoms with Gasteiger partial charge in [0.05, 0.1) is 16.8 Å². The Morgan fingerprint density at radius 2 is 2.40 bits per heavy atom. The van der Waals surface area contributed by atoms with E-state index in [0.717, 1.165) is 18.7 Å². The Morgan fingerprint density at radius 3 is 3.07 bits per heavy atom. The van der Waals surface area contributed by atoms with Crippen molar-refractivity contribution in [2.75, 3.05) is 18.8 Å². The molecule has 0 aliphatic carbocycles. The van der Waals surface area contributed by atoms with Gasteiger partial charge in [-0.05, 0) is 18.6 Å². The van der Waals surface area contributed by atoms with Crippen molar-refractivity contribution in [2.24, 2.45) is 0 Å². The molecule has 0 bridgehead atoms. The van der Waals surface area contributed by atoms with Gasteiger partial charge in [0.2, 0.25) is 0 Å². The highest BCUT2D eigenvalue weighted by Gasteiger charge is 2.21. The van der Waals surface area contributed by atoms with Gasteiger partial charge in [-0.3, -0.25) is 4.90 Å². The van der Waals surface area contributed by atoms with Gasteiger partial charge in [-0.15, -0.1) is 0 Å². The number of β-amino-alcohol motifs (C(OH)–C–C–N with tert-alkyl or cyclic N) is 1. The predicted molar refractivity (Wildman–Crippen MR) is 59.6 cm³/mol. The molecule has 0 aromatic carbocycles. The number of nitrogen functional groups attached to an aromatic ring is 1. The van der Waals surface area contributed by atoms with E-state index in [1.165, 1.54) is 0 Å². The van der Waals surface area contributed by atoms with E-state index >= 15 is 0 Å². The van der Waals surface area contributed by atoms with Crippen molar-refractivity contribution in [1.29, 1.82) is 0 Å². The summed E-state index contributed by atoms with van der Waals surface area (Å²) in [5, 5.41) is 10.0. The number of halogens is 1. The number of aliphatic hydroxyl groups excluding tert-OH is 1. The summed E-state index contributed by atoms with van der Waals surface area (Å²) in [4.78, 5) is 6.31. The molecule has 3 N–H and O–H groups in total. The van der Waals surface area contributed by atoms with Gasteiger partial charge in [-0.2, -0.15) is 0 Å². The summed E-state index contributed by atoms with van der Waals surface area (Å²) < 4.78 is 0. The molecule has 2 rings (SSSR count). The van der Waals surface area contributed by atoms with E-state index in [2.05, 4.69) is 9.88 Å². The van der Waals surface area contributed by atoms with Crippen LogP contribution in [0.1, 0.15) is 12.1 Å². The van der Waals surface area contributed by atoms with Gasteiger partial charge in [-0.1, -0.05) is 11.6 Å². The molecule has 2 heterocycles. The summed E-state index contributed by atoms with van der Waals surface area (Å²) in [6.07, 6.45) is 0.602. The number of nitrogens with two attached hydrogens (primary N) is 1. The second-order valence-corrected chi connectivity index (χ2v) is 4.25. The van der Waals surface area contributed by atoms with Gasteiger partial charge in [0.15, 0.2) is 0 Å². The van der Waals surface area contributed by atoms with Crippen molar-refractivity contribution in [3.63, 3.8) is 0 Å². The van der Waals surface area contributed by atoms with Crippen LogP contribution in [0.2, 0.25) is 5.02 Å². The van der Waals surface area contributed by atoms with Crippen LogP contribution >= 0.6 is 11.6 Å². The van der Waals surface area contributed by atoms with Gasteiger partial charge >= 0.3 is 0 Å². The first-order valence-corrected chi connectivity index (χ1v) is 5.34. The molecule has 5 heteroatoms. The molecule has 15 heavy (non-hydrogen) atoms. The van der Waals surface area contributed by atoms with Gasteiger partial charge in [0, 0.05) is 19.6 Å². The van der Waals surface area contributed by atoms with Crippen LogP contribution < -0.4 is 5.73 Å². The molecule has 1 saturated heterocycles. The molecule has 82 valence electrons. The van der Waals surface area contributed by atoms with E-state index in [1.807, 2.05) is 0 Å². The SMILES string of the molecule is Nc1ccc(Cl)c(CN2CCC(O)C2)n1. The lowest BCUT2D eigenvalue weighted by Crippen LogP contribution is -2.22. The van der Waals surface area contributed by atoms with Crippen molar-refractivity contribution in [1.82, 2.24) is 9.88 Å². The largest absolute Gasteiger partial charge is 0.392 e. The van der Waals surface area contributed by atoms with Gasteiger partial charge < -0.3 is 10.8 Å². The first kappa shape index (κ1) is 10.7. The summed E-state index contributed by atoms with van der Waals surface area (Å²) in [5.74, 6) is 0.481. The van der Waals surface area contributed by atoms with Gasteiger partial charge in [0.1, 0.15) is 5.82 Å². The summed E-state index contributed by atoms with van der Waals surface area (Å²) in [7, 11) is 0. The molecule has 1 aromatic rings. The number of pyridine rings is 1. The van der Waals surface area contributed by atoms with Crippen molar-refractivity contribution in [3.05, 3.63) is 22.8 Å². The number of rotatable bonds is 2. The zero-order valence-electron chi connectivity index (χ0n) is 8.36. The zero-order chi connectivity index (χ0) is 10.8. The molecule has 0 saturated carbocycles. The van der Waals surface area contributed by atoms with Crippen LogP contribution in [0.4, 0.5) is 5.82 Å². The fraction of sp³-hybridized carbons (Fsp3) is 0.500. The van der Waals surface area contributed by atoms with E-state index in [1.54, 1.807) is 12.1 Å². The topological polar surface area (TPSA) is 62.4 Å². The highest BCUT2D eigenvalue weighted by molar-refractivity contribution is 6.31. The summed E-state index contributed by atoms with van der Waals surface area (Å²) >= 11 is 6.00. The monoisotopic (exact) mass is 227 g/mol. The Hall–Kier alpha value is -0.840. The first-order valence-electron chi connectivity index (χ1n) is 4.96. The van der Waals surface area contributed by atoms with E-state index in [9.17, 15) is 5.11 Å². The van der Waals surface area contributed by atoms with E-state index in [4.69, 9.17) is 17.3 Å². The number of hydrogen-bond donors (Lipinski definition) is 2. The lowest BCUT2D eigenvalue weighted by molar-refractivity contribution is 0.174. The molecule has 1 aromatic heterocycles. The Balaban J connectivity index is 2.07. The maximum atomic E-state index is 9.38. The van der Waals surface area contributed by atoms with Gasteiger partial charge in [0.25, 0.3) is 0 Å². The van der Waals surface area contributed by atoms with Crippen LogP contribution in [0, 0.1) is 0 Å². The fourth-order valence-electron chi connectivity index (χ4n) is 1.78. The minimum atomic E-state index is -0.218. The summed E-state index contributed by atoms with van der Waals surface area (Å²) in [6, 6.07) is 3.44. The second-order valence-electron chi connectivity index (χ2n) is 3.84. The molecule has 1 atom stereocenters. The number of likely N-dealkylation sites (tertiary alicyclic amines) is 1. The molecule has 1 aliphatic heterocycles. The molecule has 0 radical (unpaired) electrons. The molecule has 0 amide bonds. The first-order chi connectivity index (χ1) is 7.15. The van der Waals surface area contributed by atoms with Crippen molar-refractivity contribution in [2.45, 2.75) is 19.1 Å². The summed E-state index contributed by atoms with van der Waals surface area (Å²) in [5.41, 5.74) is 6.37. The third kappa shape index (κ3) is 2.59. The Morgan fingerprint density at radius 1 is 1.60 bits per heavy atom. The number of hydrogen-bond acceptors (Lipinski definition) is 4. The molecule has 1 aliphatic rings. The highest BCUT2D eigenvalue weighted by Crippen LogP contribution is 2.19. The molecule has 0 spiro atoms. The van der Waals surface area contributed by atoms with Crippen LogP contribution in [-0.4, -0.2) is 34.2 Å². The second kappa shape index (κ2) is 4.35.